The van der Waals surface area contributed by atoms with E-state index in [0.717, 1.165) is 70.6 Å². The molecule has 0 fully saturated rings. The monoisotopic (exact) mass is 1110 g/mol. The molecule has 0 aliphatic carbocycles. The van der Waals surface area contributed by atoms with Gasteiger partial charge in [-0.1, -0.05) is 292 Å². The fourth-order valence-electron chi connectivity index (χ4n) is 9.47. The van der Waals surface area contributed by atoms with Gasteiger partial charge in [0.2, 0.25) is 5.91 Å². The Morgan fingerprint density at radius 3 is 1.19 bits per heavy atom. The highest BCUT2D eigenvalue weighted by Gasteiger charge is 2.23. The van der Waals surface area contributed by atoms with E-state index in [1.54, 1.807) is 6.08 Å². The zero-order chi connectivity index (χ0) is 57.0. The number of quaternary nitrogens is 1. The van der Waals surface area contributed by atoms with Crippen molar-refractivity contribution in [3.05, 3.63) is 85.1 Å². The molecule has 2 N–H and O–H groups in total. The van der Waals surface area contributed by atoms with Crippen molar-refractivity contribution < 1.29 is 32.9 Å². The van der Waals surface area contributed by atoms with Crippen molar-refractivity contribution in [1.29, 1.82) is 0 Å². The van der Waals surface area contributed by atoms with E-state index in [-0.39, 0.29) is 12.5 Å². The van der Waals surface area contributed by atoms with Crippen molar-refractivity contribution in [2.24, 2.45) is 0 Å². The van der Waals surface area contributed by atoms with Crippen LogP contribution in [-0.4, -0.2) is 68.5 Å². The Balaban J connectivity index is 4.19. The number of carbonyl (C=O) groups excluding carboxylic acids is 1. The third kappa shape index (κ3) is 61.3. The van der Waals surface area contributed by atoms with Crippen LogP contribution in [0.2, 0.25) is 0 Å². The van der Waals surface area contributed by atoms with Crippen LogP contribution in [0, 0.1) is 0 Å². The van der Waals surface area contributed by atoms with E-state index in [0.29, 0.717) is 17.4 Å². The summed E-state index contributed by atoms with van der Waals surface area (Å²) in [6.07, 6.45) is 84.1. The Morgan fingerprint density at radius 2 is 0.795 bits per heavy atom. The van der Waals surface area contributed by atoms with Gasteiger partial charge in [-0.3, -0.25) is 9.36 Å². The normalized spacial score (nSPS) is 14.3. The van der Waals surface area contributed by atoms with Crippen molar-refractivity contribution in [3.8, 4) is 0 Å². The summed E-state index contributed by atoms with van der Waals surface area (Å²) >= 11 is 0. The largest absolute Gasteiger partial charge is 0.756 e. The molecule has 3 atom stereocenters. The van der Waals surface area contributed by atoms with Gasteiger partial charge in [-0.15, -0.1) is 0 Å². The first-order valence-electron chi connectivity index (χ1n) is 32.9. The summed E-state index contributed by atoms with van der Waals surface area (Å²) in [5.74, 6) is -0.212. The maximum Gasteiger partial charge on any atom is 0.268 e. The standard InChI is InChI=1S/C69H127N2O6P/c1-6-8-10-12-14-16-18-20-22-24-26-28-30-32-34-35-37-38-40-42-44-46-48-50-52-54-56-58-60-62-68(72)67(66-77-78(74,75)76-65-64-71(3,4)5)70-69(73)63-61-59-57-55-53-51-49-47-45-43-41-39-36-33-31-29-27-25-23-21-19-17-15-13-11-9-7-2/h9,11,15,17,21,23,27,29,44,46,52,54,60,62,67-68,72H,6-8,10,12-14,16,18-20,22,24-26,28,30-43,45,47-51,53,55-59,61,63-66H2,1-5H3,(H-,70,73,74,75)/b11-9-,17-15-,23-21-,29-27-,46-44+,54-52+,62-60+. The van der Waals surface area contributed by atoms with E-state index in [2.05, 4.69) is 92.1 Å². The molecule has 0 saturated carbocycles. The molecule has 0 aromatic rings. The van der Waals surface area contributed by atoms with Gasteiger partial charge < -0.3 is 28.8 Å². The van der Waals surface area contributed by atoms with E-state index < -0.39 is 26.6 Å². The van der Waals surface area contributed by atoms with Gasteiger partial charge in [0.1, 0.15) is 13.2 Å². The number of nitrogens with zero attached hydrogens (tertiary/aromatic N) is 1. The molecular weight excluding hydrogens is 984 g/mol. The number of nitrogens with one attached hydrogen (secondary N) is 1. The molecule has 0 aromatic heterocycles. The number of hydrogen-bond donors (Lipinski definition) is 2. The first kappa shape index (κ1) is 75.7. The molecule has 1 amide bonds. The number of phosphoric acid groups is 1. The molecule has 9 heteroatoms. The molecule has 3 unspecified atom stereocenters. The average Bonchev–Trinajstić information content (AvgIpc) is 3.41. The van der Waals surface area contributed by atoms with E-state index in [9.17, 15) is 19.4 Å². The molecule has 0 aromatic carbocycles. The second kappa shape index (κ2) is 59.3. The molecular formula is C69H127N2O6P. The number of aliphatic hydroxyl groups is 1. The lowest BCUT2D eigenvalue weighted by Gasteiger charge is -2.29. The lowest BCUT2D eigenvalue weighted by Crippen LogP contribution is -2.45. The Hall–Kier alpha value is -2.32. The Bertz CT molecular complexity index is 1550. The lowest BCUT2D eigenvalue weighted by atomic mass is 10.0. The molecule has 0 aliphatic heterocycles. The SMILES string of the molecule is CC/C=C\C/C=C\C/C=C\C/C=C\CCCCCCCCCCCCCCCCC(=O)NC(COP(=O)([O-])OCC[N+](C)(C)C)C(O)/C=C/CC/C=C/CC/C=C/CCCCCCCCCCCCCCCCCCCCC. The number of rotatable bonds is 60. The second-order valence-corrected chi connectivity index (χ2v) is 24.8. The van der Waals surface area contributed by atoms with E-state index in [4.69, 9.17) is 9.05 Å². The summed E-state index contributed by atoms with van der Waals surface area (Å²) < 4.78 is 23.4. The van der Waals surface area contributed by atoms with Crippen LogP contribution in [0.4, 0.5) is 0 Å². The summed E-state index contributed by atoms with van der Waals surface area (Å²) in [5.41, 5.74) is 0. The topological polar surface area (TPSA) is 108 Å². The van der Waals surface area contributed by atoms with Crippen LogP contribution < -0.4 is 10.2 Å². The number of allylic oxidation sites excluding steroid dienone is 13. The van der Waals surface area contributed by atoms with Crippen LogP contribution in [0.3, 0.4) is 0 Å². The van der Waals surface area contributed by atoms with E-state index >= 15 is 0 Å². The minimum atomic E-state index is -4.62. The van der Waals surface area contributed by atoms with Gasteiger partial charge in [-0.25, -0.2) is 0 Å². The van der Waals surface area contributed by atoms with Gasteiger partial charge in [0.25, 0.3) is 7.82 Å². The minimum absolute atomic E-state index is 0.0117. The summed E-state index contributed by atoms with van der Waals surface area (Å²) in [5, 5.41) is 13.9. The van der Waals surface area contributed by atoms with Crippen molar-refractivity contribution in [2.75, 3.05) is 40.9 Å². The smallest absolute Gasteiger partial charge is 0.268 e. The molecule has 8 nitrogen and oxygen atoms in total. The summed E-state index contributed by atoms with van der Waals surface area (Å²) in [6, 6.07) is -0.916. The fourth-order valence-corrected chi connectivity index (χ4v) is 10.2. The maximum atomic E-state index is 13.0. The van der Waals surface area contributed by atoms with Gasteiger partial charge in [-0.05, 0) is 83.5 Å². The highest BCUT2D eigenvalue weighted by atomic mass is 31.2. The molecule has 78 heavy (non-hydrogen) atoms. The molecule has 0 spiro atoms. The Morgan fingerprint density at radius 1 is 0.462 bits per heavy atom. The molecule has 0 rings (SSSR count). The highest BCUT2D eigenvalue weighted by Crippen LogP contribution is 2.38. The molecule has 454 valence electrons. The lowest BCUT2D eigenvalue weighted by molar-refractivity contribution is -0.870. The quantitative estimate of drug-likeness (QED) is 0.0272. The van der Waals surface area contributed by atoms with Crippen molar-refractivity contribution in [3.63, 3.8) is 0 Å². The highest BCUT2D eigenvalue weighted by molar-refractivity contribution is 7.45. The number of amides is 1. The zero-order valence-electron chi connectivity index (χ0n) is 51.9. The zero-order valence-corrected chi connectivity index (χ0v) is 52.7. The van der Waals surface area contributed by atoms with Crippen LogP contribution in [0.25, 0.3) is 0 Å². The molecule has 0 heterocycles. The summed E-state index contributed by atoms with van der Waals surface area (Å²) in [6.45, 7) is 4.54. The third-order valence-electron chi connectivity index (χ3n) is 14.6. The van der Waals surface area contributed by atoms with E-state index in [1.165, 1.54) is 205 Å². The number of carbonyl (C=O) groups is 1. The van der Waals surface area contributed by atoms with Gasteiger partial charge in [0, 0.05) is 6.42 Å². The van der Waals surface area contributed by atoms with Crippen LogP contribution >= 0.6 is 7.82 Å². The number of likely N-dealkylation sites (N-methyl/N-ethyl adjacent to an activating group) is 1. The fraction of sp³-hybridized carbons (Fsp3) is 0.783. The molecule has 0 saturated heterocycles. The van der Waals surface area contributed by atoms with Crippen molar-refractivity contribution in [1.82, 2.24) is 5.32 Å². The Labute approximate surface area is 484 Å². The van der Waals surface area contributed by atoms with Gasteiger partial charge >= 0.3 is 0 Å². The van der Waals surface area contributed by atoms with Crippen LogP contribution in [0.5, 0.6) is 0 Å². The van der Waals surface area contributed by atoms with Crippen LogP contribution in [0.15, 0.2) is 85.1 Å². The van der Waals surface area contributed by atoms with Crippen molar-refractivity contribution in [2.45, 2.75) is 309 Å². The van der Waals surface area contributed by atoms with Crippen molar-refractivity contribution >= 4 is 13.7 Å². The number of phosphoric ester groups is 1. The van der Waals surface area contributed by atoms with Gasteiger partial charge in [0.15, 0.2) is 0 Å². The number of hydrogen-bond acceptors (Lipinski definition) is 6. The average molecular weight is 1110 g/mol. The minimum Gasteiger partial charge on any atom is -0.756 e. The van der Waals surface area contributed by atoms with Crippen LogP contribution in [0.1, 0.15) is 296 Å². The predicted molar refractivity (Wildman–Crippen MR) is 339 cm³/mol. The molecule has 0 aliphatic rings. The summed E-state index contributed by atoms with van der Waals surface area (Å²) in [7, 11) is 1.23. The second-order valence-electron chi connectivity index (χ2n) is 23.4. The molecule has 0 bridgehead atoms. The van der Waals surface area contributed by atoms with Crippen LogP contribution in [-0.2, 0) is 18.4 Å². The third-order valence-corrected chi connectivity index (χ3v) is 15.5. The number of unbranched alkanes of at least 4 members (excludes halogenated alkanes) is 35. The molecule has 0 radical (unpaired) electrons. The maximum absolute atomic E-state index is 13.0. The van der Waals surface area contributed by atoms with E-state index in [1.807, 2.05) is 27.2 Å². The Kier molecular flexibility index (Phi) is 57.5. The first-order chi connectivity index (χ1) is 38.0. The predicted octanol–water partition coefficient (Wildman–Crippen LogP) is 20.1. The van der Waals surface area contributed by atoms with Gasteiger partial charge in [0.05, 0.1) is 39.9 Å². The first-order valence-corrected chi connectivity index (χ1v) is 34.4. The number of aliphatic hydroxyl groups excluding tert-OH is 1. The summed E-state index contributed by atoms with van der Waals surface area (Å²) in [4.78, 5) is 25.6. The van der Waals surface area contributed by atoms with Gasteiger partial charge in [-0.2, -0.15) is 0 Å².